The van der Waals surface area contributed by atoms with Crippen molar-refractivity contribution in [3.8, 4) is 22.8 Å². The Labute approximate surface area is 204 Å². The third kappa shape index (κ3) is 5.71. The maximum absolute atomic E-state index is 12.8. The Morgan fingerprint density at radius 3 is 2.59 bits per heavy atom. The number of carbonyl (C=O) groups excluding carboxylic acids is 1. The molecular weight excluding hydrogens is 442 g/mol. The van der Waals surface area contributed by atoms with Crippen LogP contribution in [0, 0.1) is 5.92 Å². The number of thiazole rings is 1. The largest absolute Gasteiger partial charge is 0.457 e. The zero-order valence-electron chi connectivity index (χ0n) is 18.9. The van der Waals surface area contributed by atoms with Crippen LogP contribution in [0.25, 0.3) is 11.3 Å². The molecule has 1 aliphatic heterocycles. The average molecular weight is 470 g/mol. The van der Waals surface area contributed by atoms with Crippen molar-refractivity contribution in [2.45, 2.75) is 19.5 Å². The minimum atomic E-state index is 0.0114. The van der Waals surface area contributed by atoms with E-state index in [0.29, 0.717) is 6.54 Å². The number of rotatable bonds is 8. The number of hydrogen-bond acceptors (Lipinski definition) is 5. The molecule has 2 heterocycles. The number of likely N-dealkylation sites (tertiary alicyclic amines) is 1. The topological polar surface area (TPSA) is 54.5 Å². The molecule has 6 heteroatoms. The minimum absolute atomic E-state index is 0.0114. The van der Waals surface area contributed by atoms with E-state index in [4.69, 9.17) is 4.74 Å². The SMILES string of the molecule is O=C(NCc1nc(-c2ccccc2)cs1)C1CCN(Cc2cccc(Oc3ccccc3)c2)C1. The van der Waals surface area contributed by atoms with E-state index < -0.39 is 0 Å². The molecule has 0 saturated carbocycles. The molecular formula is C28H27N3O2S. The fraction of sp³-hybridized carbons (Fsp3) is 0.214. The number of ether oxygens (including phenoxy) is 1. The second-order valence-corrected chi connectivity index (χ2v) is 9.44. The van der Waals surface area contributed by atoms with Gasteiger partial charge in [0.05, 0.1) is 18.2 Å². The Morgan fingerprint density at radius 2 is 1.76 bits per heavy atom. The summed E-state index contributed by atoms with van der Waals surface area (Å²) in [5.41, 5.74) is 3.24. The smallest absolute Gasteiger partial charge is 0.224 e. The lowest BCUT2D eigenvalue weighted by molar-refractivity contribution is -0.124. The first kappa shape index (κ1) is 22.3. The predicted octanol–water partition coefficient (Wildman–Crippen LogP) is 5.74. The van der Waals surface area contributed by atoms with Gasteiger partial charge >= 0.3 is 0 Å². The van der Waals surface area contributed by atoms with Crippen LogP contribution in [0.2, 0.25) is 0 Å². The van der Waals surface area contributed by atoms with Crippen molar-refractivity contribution in [3.05, 3.63) is 101 Å². The van der Waals surface area contributed by atoms with Crippen LogP contribution in [-0.2, 0) is 17.9 Å². The van der Waals surface area contributed by atoms with Crippen molar-refractivity contribution in [1.29, 1.82) is 0 Å². The molecule has 1 aromatic heterocycles. The van der Waals surface area contributed by atoms with Gasteiger partial charge in [0.25, 0.3) is 0 Å². The summed E-state index contributed by atoms with van der Waals surface area (Å²) in [6.45, 7) is 2.97. The Morgan fingerprint density at radius 1 is 1.00 bits per heavy atom. The lowest BCUT2D eigenvalue weighted by Gasteiger charge is -2.16. The molecule has 1 saturated heterocycles. The Bertz CT molecular complexity index is 1230. The van der Waals surface area contributed by atoms with Gasteiger partial charge in [-0.1, -0.05) is 60.7 Å². The number of nitrogens with zero attached hydrogens (tertiary/aromatic N) is 2. The van der Waals surface area contributed by atoms with Crippen molar-refractivity contribution in [2.24, 2.45) is 5.92 Å². The van der Waals surface area contributed by atoms with Crippen LogP contribution < -0.4 is 10.1 Å². The fourth-order valence-electron chi connectivity index (χ4n) is 4.22. The maximum atomic E-state index is 12.8. The third-order valence-electron chi connectivity index (χ3n) is 5.96. The molecule has 1 fully saturated rings. The summed E-state index contributed by atoms with van der Waals surface area (Å²) >= 11 is 1.58. The molecule has 1 aliphatic rings. The van der Waals surface area contributed by atoms with Crippen LogP contribution in [0.15, 0.2) is 90.3 Å². The maximum Gasteiger partial charge on any atom is 0.224 e. The molecule has 1 atom stereocenters. The Hall–Kier alpha value is -3.48. The normalized spacial score (nSPS) is 15.8. The fourth-order valence-corrected chi connectivity index (χ4v) is 4.96. The van der Waals surface area contributed by atoms with Crippen LogP contribution in [0.3, 0.4) is 0 Å². The summed E-state index contributed by atoms with van der Waals surface area (Å²) in [7, 11) is 0. The van der Waals surface area contributed by atoms with E-state index in [1.165, 1.54) is 5.56 Å². The lowest BCUT2D eigenvalue weighted by Crippen LogP contribution is -2.32. The summed E-state index contributed by atoms with van der Waals surface area (Å²) in [4.78, 5) is 19.8. The van der Waals surface area contributed by atoms with E-state index in [1.807, 2.05) is 78.2 Å². The van der Waals surface area contributed by atoms with Crippen LogP contribution in [0.4, 0.5) is 0 Å². The van der Waals surface area contributed by atoms with Crippen LogP contribution in [0.1, 0.15) is 17.0 Å². The van der Waals surface area contributed by atoms with Gasteiger partial charge in [0.2, 0.25) is 5.91 Å². The average Bonchev–Trinajstić information content (AvgIpc) is 3.54. The van der Waals surface area contributed by atoms with E-state index in [2.05, 4.69) is 27.3 Å². The second-order valence-electron chi connectivity index (χ2n) is 8.49. The third-order valence-corrected chi connectivity index (χ3v) is 6.81. The molecule has 0 radical (unpaired) electrons. The highest BCUT2D eigenvalue weighted by atomic mass is 32.1. The van der Waals surface area contributed by atoms with E-state index in [0.717, 1.165) is 53.8 Å². The van der Waals surface area contributed by atoms with Gasteiger partial charge in [0.15, 0.2) is 0 Å². The molecule has 1 N–H and O–H groups in total. The number of nitrogens with one attached hydrogen (secondary N) is 1. The molecule has 172 valence electrons. The number of aromatic nitrogens is 1. The van der Waals surface area contributed by atoms with Crippen molar-refractivity contribution in [3.63, 3.8) is 0 Å². The number of amides is 1. The second kappa shape index (κ2) is 10.6. The van der Waals surface area contributed by atoms with E-state index >= 15 is 0 Å². The first-order valence-electron chi connectivity index (χ1n) is 11.5. The van der Waals surface area contributed by atoms with Gasteiger partial charge in [-0.25, -0.2) is 4.98 Å². The first-order chi connectivity index (χ1) is 16.7. The number of benzene rings is 3. The van der Waals surface area contributed by atoms with Crippen molar-refractivity contribution >= 4 is 17.2 Å². The monoisotopic (exact) mass is 469 g/mol. The van der Waals surface area contributed by atoms with Crippen molar-refractivity contribution in [2.75, 3.05) is 13.1 Å². The predicted molar refractivity (Wildman–Crippen MR) is 136 cm³/mol. The zero-order valence-corrected chi connectivity index (χ0v) is 19.7. The van der Waals surface area contributed by atoms with Gasteiger partial charge in [-0.3, -0.25) is 9.69 Å². The molecule has 34 heavy (non-hydrogen) atoms. The quantitative estimate of drug-likeness (QED) is 0.357. The van der Waals surface area contributed by atoms with Gasteiger partial charge in [-0.2, -0.15) is 0 Å². The molecule has 4 aromatic rings. The van der Waals surface area contributed by atoms with Crippen molar-refractivity contribution < 1.29 is 9.53 Å². The number of para-hydroxylation sites is 1. The van der Waals surface area contributed by atoms with Gasteiger partial charge in [0, 0.05) is 24.0 Å². The lowest BCUT2D eigenvalue weighted by atomic mass is 10.1. The van der Waals surface area contributed by atoms with E-state index in [-0.39, 0.29) is 11.8 Å². The van der Waals surface area contributed by atoms with Gasteiger partial charge in [0.1, 0.15) is 16.5 Å². The summed E-state index contributed by atoms with van der Waals surface area (Å²) in [6.07, 6.45) is 0.874. The van der Waals surface area contributed by atoms with Crippen molar-refractivity contribution in [1.82, 2.24) is 15.2 Å². The zero-order chi connectivity index (χ0) is 23.2. The molecule has 0 bridgehead atoms. The van der Waals surface area contributed by atoms with Gasteiger partial charge in [-0.15, -0.1) is 11.3 Å². The summed E-state index contributed by atoms with van der Waals surface area (Å²) < 4.78 is 5.96. The minimum Gasteiger partial charge on any atom is -0.457 e. The number of carbonyl (C=O) groups is 1. The van der Waals surface area contributed by atoms with E-state index in [1.54, 1.807) is 11.3 Å². The van der Waals surface area contributed by atoms with Crippen LogP contribution in [0.5, 0.6) is 11.5 Å². The highest BCUT2D eigenvalue weighted by Crippen LogP contribution is 2.25. The molecule has 1 unspecified atom stereocenters. The Balaban J connectivity index is 1.11. The highest BCUT2D eigenvalue weighted by Gasteiger charge is 2.28. The first-order valence-corrected chi connectivity index (χ1v) is 12.4. The highest BCUT2D eigenvalue weighted by molar-refractivity contribution is 7.09. The molecule has 5 nitrogen and oxygen atoms in total. The molecule has 5 rings (SSSR count). The van der Waals surface area contributed by atoms with Gasteiger partial charge < -0.3 is 10.1 Å². The van der Waals surface area contributed by atoms with Crippen LogP contribution in [-0.4, -0.2) is 28.9 Å². The molecule has 0 spiro atoms. The summed E-state index contributed by atoms with van der Waals surface area (Å²) in [5.74, 6) is 1.78. The van der Waals surface area contributed by atoms with Crippen LogP contribution >= 0.6 is 11.3 Å². The molecule has 0 aliphatic carbocycles. The van der Waals surface area contributed by atoms with Gasteiger partial charge in [-0.05, 0) is 42.8 Å². The summed E-state index contributed by atoms with van der Waals surface area (Å²) in [5, 5.41) is 6.06. The molecule has 3 aromatic carbocycles. The Kier molecular flexibility index (Phi) is 6.98. The summed E-state index contributed by atoms with van der Waals surface area (Å²) in [6, 6.07) is 28.1. The number of hydrogen-bond donors (Lipinski definition) is 1. The molecule has 1 amide bonds. The standard InChI is InChI=1S/C28H27N3O2S/c32-28(29-17-27-30-26(20-34-27)22-9-3-1-4-10-22)23-14-15-31(19-23)18-21-8-7-13-25(16-21)33-24-11-5-2-6-12-24/h1-13,16,20,23H,14-15,17-19H2,(H,29,32). The van der Waals surface area contributed by atoms with E-state index in [9.17, 15) is 4.79 Å².